The lowest BCUT2D eigenvalue weighted by molar-refractivity contribution is -0.141. The van der Waals surface area contributed by atoms with Gasteiger partial charge in [0.15, 0.2) is 0 Å². The SMILES string of the molecule is CC(C)C(NC(=O)c1cccc(C(=O)NC(C(=O)O)C(C)C)n1)C(=O)O. The molecule has 0 aliphatic rings. The second kappa shape index (κ2) is 8.93. The predicted octanol–water partition coefficient (Wildman–Crippen LogP) is 0.760. The first kappa shape index (κ1) is 21.1. The van der Waals surface area contributed by atoms with Gasteiger partial charge in [0.2, 0.25) is 0 Å². The number of carboxylic acids is 2. The van der Waals surface area contributed by atoms with Crippen molar-refractivity contribution in [2.75, 3.05) is 0 Å². The van der Waals surface area contributed by atoms with Crippen molar-refractivity contribution in [1.82, 2.24) is 15.6 Å². The fourth-order valence-corrected chi connectivity index (χ4v) is 2.15. The lowest BCUT2D eigenvalue weighted by atomic mass is 10.0. The Labute approximate surface area is 150 Å². The van der Waals surface area contributed by atoms with Crippen molar-refractivity contribution in [1.29, 1.82) is 0 Å². The maximum atomic E-state index is 12.2. The molecule has 9 nitrogen and oxygen atoms in total. The van der Waals surface area contributed by atoms with E-state index >= 15 is 0 Å². The van der Waals surface area contributed by atoms with E-state index in [1.807, 2.05) is 0 Å². The van der Waals surface area contributed by atoms with Crippen molar-refractivity contribution in [3.8, 4) is 0 Å². The topological polar surface area (TPSA) is 146 Å². The van der Waals surface area contributed by atoms with E-state index < -0.39 is 35.8 Å². The summed E-state index contributed by atoms with van der Waals surface area (Å²) in [6.07, 6.45) is 0. The molecule has 0 spiro atoms. The molecular formula is C17H23N3O6. The summed E-state index contributed by atoms with van der Waals surface area (Å²) < 4.78 is 0. The van der Waals surface area contributed by atoms with Crippen LogP contribution >= 0.6 is 0 Å². The van der Waals surface area contributed by atoms with Gasteiger partial charge in [-0.3, -0.25) is 9.59 Å². The molecule has 1 aromatic heterocycles. The first-order valence-electron chi connectivity index (χ1n) is 8.09. The third kappa shape index (κ3) is 5.54. The molecule has 0 aromatic carbocycles. The predicted molar refractivity (Wildman–Crippen MR) is 91.7 cm³/mol. The van der Waals surface area contributed by atoms with Crippen molar-refractivity contribution in [2.45, 2.75) is 39.8 Å². The first-order chi connectivity index (χ1) is 12.0. The van der Waals surface area contributed by atoms with Crippen LogP contribution in [0.25, 0.3) is 0 Å². The fourth-order valence-electron chi connectivity index (χ4n) is 2.15. The van der Waals surface area contributed by atoms with Gasteiger partial charge in [0, 0.05) is 0 Å². The Balaban J connectivity index is 2.96. The molecule has 1 heterocycles. The number of carbonyl (C=O) groups is 4. The van der Waals surface area contributed by atoms with Gasteiger partial charge in [-0.1, -0.05) is 33.8 Å². The lowest BCUT2D eigenvalue weighted by Gasteiger charge is -2.18. The summed E-state index contributed by atoms with van der Waals surface area (Å²) in [4.78, 5) is 50.7. The van der Waals surface area contributed by atoms with Gasteiger partial charge in [0.25, 0.3) is 11.8 Å². The van der Waals surface area contributed by atoms with Crippen LogP contribution in [0, 0.1) is 11.8 Å². The van der Waals surface area contributed by atoms with E-state index in [9.17, 15) is 19.2 Å². The van der Waals surface area contributed by atoms with Crippen molar-refractivity contribution in [2.24, 2.45) is 11.8 Å². The van der Waals surface area contributed by atoms with Gasteiger partial charge in [0.05, 0.1) is 0 Å². The van der Waals surface area contributed by atoms with E-state index in [0.29, 0.717) is 0 Å². The number of nitrogens with one attached hydrogen (secondary N) is 2. The van der Waals surface area contributed by atoms with Gasteiger partial charge >= 0.3 is 11.9 Å². The highest BCUT2D eigenvalue weighted by Crippen LogP contribution is 2.07. The van der Waals surface area contributed by atoms with Gasteiger partial charge in [-0.2, -0.15) is 0 Å². The Bertz CT molecular complexity index is 646. The zero-order chi connectivity index (χ0) is 20.0. The summed E-state index contributed by atoms with van der Waals surface area (Å²) in [5, 5.41) is 23.0. The second-order valence-electron chi connectivity index (χ2n) is 6.47. The minimum atomic E-state index is -1.18. The molecule has 0 aliphatic carbocycles. The number of hydrogen-bond acceptors (Lipinski definition) is 5. The summed E-state index contributed by atoms with van der Waals surface area (Å²) >= 11 is 0. The Morgan fingerprint density at radius 1 is 0.808 bits per heavy atom. The van der Waals surface area contributed by atoms with E-state index in [1.54, 1.807) is 27.7 Å². The van der Waals surface area contributed by atoms with Crippen LogP contribution in [-0.2, 0) is 9.59 Å². The van der Waals surface area contributed by atoms with E-state index in [1.165, 1.54) is 18.2 Å². The number of aromatic nitrogens is 1. The van der Waals surface area contributed by atoms with Crippen LogP contribution in [0.15, 0.2) is 18.2 Å². The molecule has 0 saturated carbocycles. The Morgan fingerprint density at radius 3 is 1.42 bits per heavy atom. The van der Waals surface area contributed by atoms with Gasteiger partial charge in [0.1, 0.15) is 23.5 Å². The minimum Gasteiger partial charge on any atom is -0.480 e. The average Bonchev–Trinajstić information content (AvgIpc) is 2.55. The van der Waals surface area contributed by atoms with Crippen LogP contribution in [0.3, 0.4) is 0 Å². The molecule has 1 rings (SSSR count). The van der Waals surface area contributed by atoms with Crippen molar-refractivity contribution in [3.05, 3.63) is 29.6 Å². The zero-order valence-corrected chi connectivity index (χ0v) is 15.0. The summed E-state index contributed by atoms with van der Waals surface area (Å²) in [5.74, 6) is -4.51. The maximum absolute atomic E-state index is 12.2. The van der Waals surface area contributed by atoms with Crippen molar-refractivity contribution in [3.63, 3.8) is 0 Å². The summed E-state index contributed by atoms with van der Waals surface area (Å²) in [7, 11) is 0. The Kier molecular flexibility index (Phi) is 7.24. The molecule has 0 radical (unpaired) electrons. The molecule has 2 atom stereocenters. The highest BCUT2D eigenvalue weighted by molar-refractivity contribution is 5.98. The van der Waals surface area contributed by atoms with Gasteiger partial charge in [-0.05, 0) is 24.0 Å². The number of pyridine rings is 1. The van der Waals surface area contributed by atoms with Gasteiger partial charge < -0.3 is 20.8 Å². The minimum absolute atomic E-state index is 0.138. The average molecular weight is 365 g/mol. The number of aliphatic carboxylic acids is 2. The van der Waals surface area contributed by atoms with Crippen LogP contribution in [0.5, 0.6) is 0 Å². The monoisotopic (exact) mass is 365 g/mol. The zero-order valence-electron chi connectivity index (χ0n) is 15.0. The van der Waals surface area contributed by atoms with E-state index in [4.69, 9.17) is 10.2 Å². The molecule has 0 aliphatic heterocycles. The molecule has 26 heavy (non-hydrogen) atoms. The Hall–Kier alpha value is -2.97. The number of carbonyl (C=O) groups excluding carboxylic acids is 2. The van der Waals surface area contributed by atoms with E-state index in [0.717, 1.165) is 0 Å². The number of carboxylic acid groups (broad SMARTS) is 2. The van der Waals surface area contributed by atoms with E-state index in [2.05, 4.69) is 15.6 Å². The highest BCUT2D eigenvalue weighted by Gasteiger charge is 2.26. The van der Waals surface area contributed by atoms with Crippen LogP contribution < -0.4 is 10.6 Å². The highest BCUT2D eigenvalue weighted by atomic mass is 16.4. The molecule has 4 N–H and O–H groups in total. The van der Waals surface area contributed by atoms with Crippen LogP contribution in [0.2, 0.25) is 0 Å². The van der Waals surface area contributed by atoms with Crippen molar-refractivity contribution < 1.29 is 29.4 Å². The third-order valence-electron chi connectivity index (χ3n) is 3.65. The maximum Gasteiger partial charge on any atom is 0.326 e. The summed E-state index contributed by atoms with van der Waals surface area (Å²) in [5.41, 5.74) is -0.276. The molecule has 2 unspecified atom stereocenters. The summed E-state index contributed by atoms with van der Waals surface area (Å²) in [6, 6.07) is 1.89. The quantitative estimate of drug-likeness (QED) is 0.532. The van der Waals surface area contributed by atoms with Crippen LogP contribution in [-0.4, -0.2) is 51.0 Å². The number of rotatable bonds is 8. The molecule has 0 fully saturated rings. The van der Waals surface area contributed by atoms with Gasteiger partial charge in [-0.15, -0.1) is 0 Å². The first-order valence-corrected chi connectivity index (χ1v) is 8.09. The molecule has 0 bridgehead atoms. The number of amides is 2. The molecule has 142 valence electrons. The van der Waals surface area contributed by atoms with Crippen LogP contribution in [0.4, 0.5) is 0 Å². The number of nitrogens with zero attached hydrogens (tertiary/aromatic N) is 1. The molecule has 0 saturated heterocycles. The Morgan fingerprint density at radius 2 is 1.15 bits per heavy atom. The standard InChI is InChI=1S/C17H23N3O6/c1-8(2)12(16(23)24)19-14(21)10-6-5-7-11(18-10)15(22)20-13(9(3)4)17(25)26/h5-9,12-13H,1-4H3,(H,19,21)(H,20,22)(H,23,24)(H,25,26). The number of hydrogen-bond donors (Lipinski definition) is 4. The molecular weight excluding hydrogens is 342 g/mol. The fraction of sp³-hybridized carbons (Fsp3) is 0.471. The molecule has 2 amide bonds. The normalized spacial score (nSPS) is 13.2. The molecule has 1 aromatic rings. The molecule has 9 heteroatoms. The second-order valence-corrected chi connectivity index (χ2v) is 6.47. The van der Waals surface area contributed by atoms with Crippen molar-refractivity contribution >= 4 is 23.8 Å². The van der Waals surface area contributed by atoms with Crippen LogP contribution in [0.1, 0.15) is 48.7 Å². The third-order valence-corrected chi connectivity index (χ3v) is 3.65. The lowest BCUT2D eigenvalue weighted by Crippen LogP contribution is -2.45. The van der Waals surface area contributed by atoms with E-state index in [-0.39, 0.29) is 23.2 Å². The largest absolute Gasteiger partial charge is 0.480 e. The van der Waals surface area contributed by atoms with Gasteiger partial charge in [-0.25, -0.2) is 14.6 Å². The smallest absolute Gasteiger partial charge is 0.326 e. The summed E-state index contributed by atoms with van der Waals surface area (Å²) in [6.45, 7) is 6.59.